The number of furan rings is 2. The van der Waals surface area contributed by atoms with E-state index >= 15 is 0 Å². The van der Waals surface area contributed by atoms with E-state index in [0.29, 0.717) is 0 Å². The molecule has 0 saturated carbocycles. The van der Waals surface area contributed by atoms with Gasteiger partial charge in [-0.3, -0.25) is 4.90 Å². The molecule has 2 heterocycles. The van der Waals surface area contributed by atoms with Crippen molar-refractivity contribution in [2.75, 3.05) is 13.6 Å². The molecular weight excluding hydrogens is 252 g/mol. The van der Waals surface area contributed by atoms with Crippen LogP contribution in [0.25, 0.3) is 0 Å². The zero-order chi connectivity index (χ0) is 14.4. The lowest BCUT2D eigenvalue weighted by Gasteiger charge is -2.13. The normalized spacial score (nSPS) is 11.4. The first-order valence-electron chi connectivity index (χ1n) is 7.17. The van der Waals surface area contributed by atoms with Crippen molar-refractivity contribution in [3.05, 3.63) is 47.3 Å². The summed E-state index contributed by atoms with van der Waals surface area (Å²) in [5.74, 6) is 2.06. The molecule has 0 aliphatic heterocycles. The summed E-state index contributed by atoms with van der Waals surface area (Å²) in [7, 11) is 2.08. The van der Waals surface area contributed by atoms with Crippen LogP contribution in [-0.4, -0.2) is 18.5 Å². The highest BCUT2D eigenvalue weighted by atomic mass is 16.3. The van der Waals surface area contributed by atoms with Crippen LogP contribution >= 0.6 is 0 Å². The minimum Gasteiger partial charge on any atom is -0.472 e. The summed E-state index contributed by atoms with van der Waals surface area (Å²) in [6, 6.07) is 4.12. The molecule has 2 rings (SSSR count). The van der Waals surface area contributed by atoms with Gasteiger partial charge in [-0.05, 0) is 44.6 Å². The smallest absolute Gasteiger partial charge is 0.120 e. The lowest BCUT2D eigenvalue weighted by Crippen LogP contribution is -2.16. The fourth-order valence-corrected chi connectivity index (χ4v) is 2.24. The van der Waals surface area contributed by atoms with E-state index in [0.717, 1.165) is 44.1 Å². The maximum absolute atomic E-state index is 5.92. The fraction of sp³-hybridized carbons (Fsp3) is 0.500. The van der Waals surface area contributed by atoms with Gasteiger partial charge in [0.25, 0.3) is 0 Å². The van der Waals surface area contributed by atoms with Crippen LogP contribution in [0.4, 0.5) is 0 Å². The Morgan fingerprint density at radius 2 is 2.15 bits per heavy atom. The maximum atomic E-state index is 5.92. The summed E-state index contributed by atoms with van der Waals surface area (Å²) < 4.78 is 11.0. The maximum Gasteiger partial charge on any atom is 0.120 e. The van der Waals surface area contributed by atoms with Gasteiger partial charge < -0.3 is 14.2 Å². The Kier molecular flexibility index (Phi) is 5.44. The van der Waals surface area contributed by atoms with Crippen molar-refractivity contribution in [1.82, 2.24) is 10.2 Å². The summed E-state index contributed by atoms with van der Waals surface area (Å²) in [4.78, 5) is 2.21. The molecule has 0 bridgehead atoms. The average molecular weight is 276 g/mol. The molecule has 0 fully saturated rings. The van der Waals surface area contributed by atoms with Crippen LogP contribution in [0.3, 0.4) is 0 Å². The molecule has 4 heteroatoms. The molecule has 20 heavy (non-hydrogen) atoms. The minimum atomic E-state index is 0.805. The van der Waals surface area contributed by atoms with Crippen LogP contribution in [-0.2, 0) is 19.6 Å². The van der Waals surface area contributed by atoms with E-state index in [4.69, 9.17) is 8.83 Å². The first kappa shape index (κ1) is 14.9. The van der Waals surface area contributed by atoms with Crippen molar-refractivity contribution in [2.24, 2.45) is 0 Å². The molecule has 2 aromatic heterocycles. The van der Waals surface area contributed by atoms with Crippen LogP contribution in [0.5, 0.6) is 0 Å². The van der Waals surface area contributed by atoms with Gasteiger partial charge in [-0.1, -0.05) is 6.92 Å². The molecule has 110 valence electrons. The average Bonchev–Trinajstić information content (AvgIpc) is 3.00. The second-order valence-electron chi connectivity index (χ2n) is 5.30. The SMILES string of the molecule is CCCNCc1oc(CN(C)Cc2ccoc2)cc1C. The predicted molar refractivity (Wildman–Crippen MR) is 79.3 cm³/mol. The Labute approximate surface area is 120 Å². The topological polar surface area (TPSA) is 41.6 Å². The number of rotatable bonds is 8. The quantitative estimate of drug-likeness (QED) is 0.751. The van der Waals surface area contributed by atoms with Gasteiger partial charge in [0.05, 0.1) is 25.6 Å². The number of hydrogen-bond acceptors (Lipinski definition) is 4. The summed E-state index contributed by atoms with van der Waals surface area (Å²) in [6.07, 6.45) is 4.63. The van der Waals surface area contributed by atoms with Crippen molar-refractivity contribution in [3.63, 3.8) is 0 Å². The van der Waals surface area contributed by atoms with E-state index in [9.17, 15) is 0 Å². The Balaban J connectivity index is 1.87. The summed E-state index contributed by atoms with van der Waals surface area (Å²) >= 11 is 0. The van der Waals surface area contributed by atoms with Crippen molar-refractivity contribution in [1.29, 1.82) is 0 Å². The Bertz CT molecular complexity index is 503. The largest absolute Gasteiger partial charge is 0.472 e. The molecule has 0 radical (unpaired) electrons. The minimum absolute atomic E-state index is 0.805. The van der Waals surface area contributed by atoms with Gasteiger partial charge in [-0.15, -0.1) is 0 Å². The number of aryl methyl sites for hydroxylation is 1. The highest BCUT2D eigenvalue weighted by molar-refractivity contribution is 5.20. The van der Waals surface area contributed by atoms with Crippen molar-refractivity contribution in [3.8, 4) is 0 Å². The monoisotopic (exact) mass is 276 g/mol. The van der Waals surface area contributed by atoms with Crippen LogP contribution in [0.15, 0.2) is 33.5 Å². The standard InChI is InChI=1S/C16H24N2O2/c1-4-6-17-9-16-13(2)8-15(20-16)11-18(3)10-14-5-7-19-12-14/h5,7-8,12,17H,4,6,9-11H2,1-3H3. The van der Waals surface area contributed by atoms with Crippen LogP contribution in [0.1, 0.15) is 36.0 Å². The van der Waals surface area contributed by atoms with E-state index in [1.807, 2.05) is 6.07 Å². The van der Waals surface area contributed by atoms with Gasteiger partial charge in [0.1, 0.15) is 11.5 Å². The van der Waals surface area contributed by atoms with Crippen LogP contribution < -0.4 is 5.32 Å². The molecule has 0 atom stereocenters. The van der Waals surface area contributed by atoms with Crippen LogP contribution in [0, 0.1) is 6.92 Å². The van der Waals surface area contributed by atoms with Gasteiger partial charge in [-0.2, -0.15) is 0 Å². The van der Waals surface area contributed by atoms with Crippen molar-refractivity contribution >= 4 is 0 Å². The molecule has 2 aromatic rings. The molecule has 0 spiro atoms. The second kappa shape index (κ2) is 7.31. The Hall–Kier alpha value is -1.52. The molecule has 0 aliphatic carbocycles. The highest BCUT2D eigenvalue weighted by Gasteiger charge is 2.10. The van der Waals surface area contributed by atoms with Crippen LogP contribution in [0.2, 0.25) is 0 Å². The van der Waals surface area contributed by atoms with Gasteiger partial charge in [0.15, 0.2) is 0 Å². The fourth-order valence-electron chi connectivity index (χ4n) is 2.24. The third-order valence-corrected chi connectivity index (χ3v) is 3.24. The highest BCUT2D eigenvalue weighted by Crippen LogP contribution is 2.17. The molecule has 0 amide bonds. The Morgan fingerprint density at radius 1 is 1.30 bits per heavy atom. The summed E-state index contributed by atoms with van der Waals surface area (Å²) in [6.45, 7) is 7.77. The van der Waals surface area contributed by atoms with E-state index < -0.39 is 0 Å². The molecule has 4 nitrogen and oxygen atoms in total. The van der Waals surface area contributed by atoms with Gasteiger partial charge in [-0.25, -0.2) is 0 Å². The first-order chi connectivity index (χ1) is 9.69. The summed E-state index contributed by atoms with van der Waals surface area (Å²) in [5.41, 5.74) is 2.40. The number of hydrogen-bond donors (Lipinski definition) is 1. The predicted octanol–water partition coefficient (Wildman–Crippen LogP) is 3.31. The molecule has 0 saturated heterocycles. The Morgan fingerprint density at radius 3 is 2.85 bits per heavy atom. The second-order valence-corrected chi connectivity index (χ2v) is 5.30. The van der Waals surface area contributed by atoms with E-state index in [-0.39, 0.29) is 0 Å². The van der Waals surface area contributed by atoms with Gasteiger partial charge >= 0.3 is 0 Å². The molecule has 0 aromatic carbocycles. The third-order valence-electron chi connectivity index (χ3n) is 3.24. The lowest BCUT2D eigenvalue weighted by atomic mass is 10.2. The van der Waals surface area contributed by atoms with E-state index in [1.165, 1.54) is 11.1 Å². The van der Waals surface area contributed by atoms with Gasteiger partial charge in [0.2, 0.25) is 0 Å². The number of nitrogens with one attached hydrogen (secondary N) is 1. The first-order valence-corrected chi connectivity index (χ1v) is 7.17. The zero-order valence-corrected chi connectivity index (χ0v) is 12.6. The van der Waals surface area contributed by atoms with E-state index in [2.05, 4.69) is 37.2 Å². The van der Waals surface area contributed by atoms with Crippen molar-refractivity contribution < 1.29 is 8.83 Å². The summed E-state index contributed by atoms with van der Waals surface area (Å²) in [5, 5.41) is 3.38. The molecular formula is C16H24N2O2. The number of nitrogens with zero attached hydrogens (tertiary/aromatic N) is 1. The van der Waals surface area contributed by atoms with Crippen molar-refractivity contribution in [2.45, 2.75) is 39.9 Å². The zero-order valence-electron chi connectivity index (χ0n) is 12.6. The molecule has 0 aliphatic rings. The lowest BCUT2D eigenvalue weighted by molar-refractivity contribution is 0.281. The molecule has 0 unspecified atom stereocenters. The molecule has 1 N–H and O–H groups in total. The third kappa shape index (κ3) is 4.25. The van der Waals surface area contributed by atoms with Gasteiger partial charge in [0, 0.05) is 12.1 Å². The van der Waals surface area contributed by atoms with E-state index in [1.54, 1.807) is 12.5 Å².